The van der Waals surface area contributed by atoms with E-state index in [1.54, 1.807) is 0 Å². The van der Waals surface area contributed by atoms with Crippen LogP contribution in [0.4, 0.5) is 0 Å². The Morgan fingerprint density at radius 1 is 1.20 bits per heavy atom. The molecule has 3 rings (SSSR count). The van der Waals surface area contributed by atoms with Crippen LogP contribution in [-0.4, -0.2) is 6.04 Å². The fourth-order valence-electron chi connectivity index (χ4n) is 5.13. The Labute approximate surface area is 124 Å². The predicted molar refractivity (Wildman–Crippen MR) is 85.7 cm³/mol. The van der Waals surface area contributed by atoms with Gasteiger partial charge in [-0.2, -0.15) is 0 Å². The summed E-state index contributed by atoms with van der Waals surface area (Å²) in [5.41, 5.74) is 3.79. The molecular weight excluding hydrogens is 242 g/mol. The van der Waals surface area contributed by atoms with Crippen LogP contribution >= 0.6 is 0 Å². The molecule has 2 bridgehead atoms. The van der Waals surface area contributed by atoms with E-state index in [0.29, 0.717) is 22.9 Å². The molecule has 2 saturated carbocycles. The smallest absolute Gasteiger partial charge is 0.0297 e. The highest BCUT2D eigenvalue weighted by molar-refractivity contribution is 5.29. The molecule has 1 heteroatoms. The van der Waals surface area contributed by atoms with Crippen LogP contribution in [0.1, 0.15) is 64.1 Å². The van der Waals surface area contributed by atoms with E-state index in [0.717, 1.165) is 5.92 Å². The minimum Gasteiger partial charge on any atom is -0.306 e. The monoisotopic (exact) mass is 271 g/mol. The van der Waals surface area contributed by atoms with Crippen LogP contribution in [0.5, 0.6) is 0 Å². The molecule has 0 radical (unpaired) electrons. The first kappa shape index (κ1) is 14.1. The number of aryl methyl sites for hydroxylation is 1. The van der Waals surface area contributed by atoms with Gasteiger partial charge in [0.1, 0.15) is 0 Å². The lowest BCUT2D eigenvalue weighted by atomic mass is 9.68. The van der Waals surface area contributed by atoms with E-state index in [1.807, 2.05) is 0 Å². The maximum atomic E-state index is 4.00. The van der Waals surface area contributed by atoms with Crippen molar-refractivity contribution in [3.05, 3.63) is 35.4 Å². The first-order valence-corrected chi connectivity index (χ1v) is 8.16. The number of nitrogens with one attached hydrogen (secondary N) is 1. The van der Waals surface area contributed by atoms with E-state index >= 15 is 0 Å². The van der Waals surface area contributed by atoms with Gasteiger partial charge in [0.05, 0.1) is 0 Å². The van der Waals surface area contributed by atoms with Gasteiger partial charge in [-0.3, -0.25) is 0 Å². The molecule has 0 heterocycles. The van der Waals surface area contributed by atoms with Gasteiger partial charge in [0.25, 0.3) is 0 Å². The average molecular weight is 271 g/mol. The summed E-state index contributed by atoms with van der Waals surface area (Å²) in [6, 6.07) is 9.87. The van der Waals surface area contributed by atoms with Crippen molar-refractivity contribution in [3.8, 4) is 0 Å². The third-order valence-corrected chi connectivity index (χ3v) is 6.34. The molecule has 1 N–H and O–H groups in total. The zero-order valence-electron chi connectivity index (χ0n) is 13.7. The van der Waals surface area contributed by atoms with Gasteiger partial charge in [-0.05, 0) is 61.0 Å². The van der Waals surface area contributed by atoms with E-state index in [-0.39, 0.29) is 0 Å². The first-order valence-electron chi connectivity index (χ1n) is 8.16. The van der Waals surface area contributed by atoms with Crippen molar-refractivity contribution < 1.29 is 0 Å². The van der Waals surface area contributed by atoms with Crippen molar-refractivity contribution in [1.82, 2.24) is 5.32 Å². The zero-order valence-corrected chi connectivity index (χ0v) is 13.7. The Hall–Kier alpha value is -0.820. The summed E-state index contributed by atoms with van der Waals surface area (Å²) in [7, 11) is 0. The number of benzene rings is 1. The normalized spacial score (nSPS) is 36.2. The molecule has 0 aromatic heterocycles. The summed E-state index contributed by atoms with van der Waals surface area (Å²) in [5.74, 6) is 0.911. The van der Waals surface area contributed by atoms with Crippen molar-refractivity contribution in [1.29, 1.82) is 0 Å². The average Bonchev–Trinajstić information content (AvgIpc) is 2.86. The number of hydrogen-bond acceptors (Lipinski definition) is 1. The standard InChI is InChI=1S/C19H29N/c1-13-8-6-7-9-16(13)14(2)20-17-18(3,4)15-10-11-19(17,5)12-15/h6-9,14-15,17,20H,10-12H2,1-5H3/t14-,15?,17?,19?/m1/s1. The van der Waals surface area contributed by atoms with Crippen molar-refractivity contribution in [2.75, 3.05) is 0 Å². The second kappa shape index (κ2) is 4.59. The highest BCUT2D eigenvalue weighted by Crippen LogP contribution is 2.62. The lowest BCUT2D eigenvalue weighted by Crippen LogP contribution is -2.51. The van der Waals surface area contributed by atoms with Gasteiger partial charge < -0.3 is 5.32 Å². The Balaban J connectivity index is 1.83. The molecule has 0 saturated heterocycles. The van der Waals surface area contributed by atoms with Crippen molar-refractivity contribution in [3.63, 3.8) is 0 Å². The van der Waals surface area contributed by atoms with Crippen LogP contribution in [0, 0.1) is 23.7 Å². The van der Waals surface area contributed by atoms with E-state index in [9.17, 15) is 0 Å². The molecule has 2 aliphatic carbocycles. The topological polar surface area (TPSA) is 12.0 Å². The van der Waals surface area contributed by atoms with E-state index in [4.69, 9.17) is 0 Å². The van der Waals surface area contributed by atoms with Gasteiger partial charge in [-0.1, -0.05) is 45.0 Å². The fraction of sp³-hybridized carbons (Fsp3) is 0.684. The first-order chi connectivity index (χ1) is 9.34. The molecule has 1 nitrogen and oxygen atoms in total. The molecule has 0 spiro atoms. The highest BCUT2D eigenvalue weighted by Gasteiger charge is 2.59. The van der Waals surface area contributed by atoms with Crippen LogP contribution < -0.4 is 5.32 Å². The minimum atomic E-state index is 0.434. The SMILES string of the molecule is Cc1ccccc1[C@@H](C)NC1C2(C)CCC(C2)C1(C)C. The summed E-state index contributed by atoms with van der Waals surface area (Å²) in [6.45, 7) is 12.0. The minimum absolute atomic E-state index is 0.434. The second-order valence-electron chi connectivity index (χ2n) is 8.09. The third kappa shape index (κ3) is 2.02. The van der Waals surface area contributed by atoms with Crippen LogP contribution in [-0.2, 0) is 0 Å². The molecule has 110 valence electrons. The number of rotatable bonds is 3. The van der Waals surface area contributed by atoms with Gasteiger partial charge >= 0.3 is 0 Å². The van der Waals surface area contributed by atoms with E-state index < -0.39 is 0 Å². The summed E-state index contributed by atoms with van der Waals surface area (Å²) in [5, 5.41) is 4.00. The Bertz CT molecular complexity index is 499. The lowest BCUT2D eigenvalue weighted by molar-refractivity contribution is 0.100. The van der Waals surface area contributed by atoms with Gasteiger partial charge in [-0.15, -0.1) is 0 Å². The molecule has 4 atom stereocenters. The second-order valence-corrected chi connectivity index (χ2v) is 8.09. The third-order valence-electron chi connectivity index (χ3n) is 6.34. The molecular formula is C19H29N. The van der Waals surface area contributed by atoms with Gasteiger partial charge in [0.15, 0.2) is 0 Å². The number of hydrogen-bond donors (Lipinski definition) is 1. The predicted octanol–water partition coefficient (Wildman–Crippen LogP) is 4.86. The Morgan fingerprint density at radius 3 is 2.50 bits per heavy atom. The summed E-state index contributed by atoms with van der Waals surface area (Å²) in [6.07, 6.45) is 4.25. The van der Waals surface area contributed by atoms with Crippen molar-refractivity contribution >= 4 is 0 Å². The van der Waals surface area contributed by atoms with Crippen molar-refractivity contribution in [2.45, 2.75) is 66.0 Å². The zero-order chi connectivity index (χ0) is 14.5. The maximum Gasteiger partial charge on any atom is 0.0297 e. The molecule has 0 aliphatic heterocycles. The van der Waals surface area contributed by atoms with E-state index in [1.165, 1.54) is 30.4 Å². The van der Waals surface area contributed by atoms with Crippen LogP contribution in [0.2, 0.25) is 0 Å². The van der Waals surface area contributed by atoms with Gasteiger partial charge in [0, 0.05) is 12.1 Å². The summed E-state index contributed by atoms with van der Waals surface area (Å²) < 4.78 is 0. The van der Waals surface area contributed by atoms with Gasteiger partial charge in [-0.25, -0.2) is 0 Å². The number of fused-ring (bicyclic) bond motifs is 2. The summed E-state index contributed by atoms with van der Waals surface area (Å²) in [4.78, 5) is 0. The molecule has 0 amide bonds. The fourth-order valence-corrected chi connectivity index (χ4v) is 5.13. The quantitative estimate of drug-likeness (QED) is 0.827. The van der Waals surface area contributed by atoms with E-state index in [2.05, 4.69) is 64.2 Å². The highest BCUT2D eigenvalue weighted by atomic mass is 15.0. The molecule has 2 aliphatic rings. The van der Waals surface area contributed by atoms with Crippen LogP contribution in [0.25, 0.3) is 0 Å². The van der Waals surface area contributed by atoms with Crippen LogP contribution in [0.3, 0.4) is 0 Å². The molecule has 1 aromatic carbocycles. The van der Waals surface area contributed by atoms with Gasteiger partial charge in [0.2, 0.25) is 0 Å². The Morgan fingerprint density at radius 2 is 1.90 bits per heavy atom. The Kier molecular flexibility index (Phi) is 3.25. The molecule has 3 unspecified atom stereocenters. The molecule has 20 heavy (non-hydrogen) atoms. The lowest BCUT2D eigenvalue weighted by Gasteiger charge is -2.45. The molecule has 1 aromatic rings. The van der Waals surface area contributed by atoms with Crippen LogP contribution in [0.15, 0.2) is 24.3 Å². The largest absolute Gasteiger partial charge is 0.306 e. The maximum absolute atomic E-state index is 4.00. The molecule has 2 fully saturated rings. The van der Waals surface area contributed by atoms with Crippen molar-refractivity contribution in [2.24, 2.45) is 16.7 Å². The summed E-state index contributed by atoms with van der Waals surface area (Å²) >= 11 is 0.